The summed E-state index contributed by atoms with van der Waals surface area (Å²) in [6.45, 7) is 4.03. The zero-order chi connectivity index (χ0) is 15.4. The predicted octanol–water partition coefficient (Wildman–Crippen LogP) is 2.81. The predicted molar refractivity (Wildman–Crippen MR) is 85.4 cm³/mol. The summed E-state index contributed by atoms with van der Waals surface area (Å²) in [6, 6.07) is 10.1. The average molecular weight is 284 g/mol. The van der Waals surface area contributed by atoms with Crippen LogP contribution in [0.25, 0.3) is 0 Å². The molecule has 0 radical (unpaired) electrons. The van der Waals surface area contributed by atoms with Crippen molar-refractivity contribution in [2.24, 2.45) is 10.9 Å². The Labute approximate surface area is 124 Å². The third-order valence-corrected chi connectivity index (χ3v) is 3.55. The van der Waals surface area contributed by atoms with Gasteiger partial charge in [-0.2, -0.15) is 0 Å². The lowest BCUT2D eigenvalue weighted by molar-refractivity contribution is 0.318. The highest BCUT2D eigenvalue weighted by Crippen LogP contribution is 2.27. The Kier molecular flexibility index (Phi) is 4.42. The second-order valence-electron chi connectivity index (χ2n) is 4.89. The third-order valence-electron chi connectivity index (χ3n) is 3.55. The van der Waals surface area contributed by atoms with Crippen molar-refractivity contribution >= 4 is 17.3 Å². The molecule has 1 aromatic heterocycles. The summed E-state index contributed by atoms with van der Waals surface area (Å²) in [5.74, 6) is 0.724. The van der Waals surface area contributed by atoms with E-state index in [-0.39, 0.29) is 5.84 Å². The van der Waals surface area contributed by atoms with Crippen LogP contribution in [0.5, 0.6) is 0 Å². The average Bonchev–Trinajstić information content (AvgIpc) is 2.53. The molecule has 0 saturated carbocycles. The molecule has 0 aliphatic rings. The lowest BCUT2D eigenvalue weighted by Gasteiger charge is -2.22. The van der Waals surface area contributed by atoms with Crippen molar-refractivity contribution in [2.45, 2.75) is 20.3 Å². The first kappa shape index (κ1) is 14.8. The molecule has 0 aliphatic heterocycles. The summed E-state index contributed by atoms with van der Waals surface area (Å²) >= 11 is 0. The maximum Gasteiger partial charge on any atom is 0.174 e. The van der Waals surface area contributed by atoms with E-state index in [4.69, 9.17) is 10.9 Å². The van der Waals surface area contributed by atoms with Crippen LogP contribution in [0, 0.1) is 6.92 Å². The van der Waals surface area contributed by atoms with Crippen molar-refractivity contribution in [3.8, 4) is 0 Å². The first-order valence-electron chi connectivity index (χ1n) is 6.84. The number of hydrogen-bond donors (Lipinski definition) is 2. The third kappa shape index (κ3) is 2.97. The number of aryl methyl sites for hydroxylation is 2. The van der Waals surface area contributed by atoms with Gasteiger partial charge in [0, 0.05) is 18.9 Å². The van der Waals surface area contributed by atoms with Crippen molar-refractivity contribution < 1.29 is 5.21 Å². The Balaban J connectivity index is 2.47. The minimum atomic E-state index is 0.0626. The monoisotopic (exact) mass is 284 g/mol. The second kappa shape index (κ2) is 6.26. The number of anilines is 2. The Hall–Kier alpha value is -2.56. The number of rotatable bonds is 4. The fourth-order valence-electron chi connectivity index (χ4n) is 2.24. The molecule has 1 heterocycles. The molecule has 0 aliphatic carbocycles. The van der Waals surface area contributed by atoms with E-state index in [1.165, 1.54) is 5.56 Å². The molecule has 0 saturated heterocycles. The summed E-state index contributed by atoms with van der Waals surface area (Å²) in [7, 11) is 1.91. The number of oxime groups is 1. The van der Waals surface area contributed by atoms with E-state index in [0.29, 0.717) is 11.4 Å². The number of pyridine rings is 1. The van der Waals surface area contributed by atoms with Crippen LogP contribution >= 0.6 is 0 Å². The van der Waals surface area contributed by atoms with E-state index < -0.39 is 0 Å². The van der Waals surface area contributed by atoms with Gasteiger partial charge in [-0.3, -0.25) is 0 Å². The molecule has 1 aromatic carbocycles. The van der Waals surface area contributed by atoms with Gasteiger partial charge in [-0.1, -0.05) is 24.2 Å². The van der Waals surface area contributed by atoms with Gasteiger partial charge in [0.2, 0.25) is 0 Å². The highest BCUT2D eigenvalue weighted by molar-refractivity contribution is 6.03. The Bertz CT molecular complexity index is 650. The first-order chi connectivity index (χ1) is 10.1. The van der Waals surface area contributed by atoms with Gasteiger partial charge in [0.05, 0.1) is 5.56 Å². The van der Waals surface area contributed by atoms with Gasteiger partial charge in [0.1, 0.15) is 5.82 Å². The first-order valence-corrected chi connectivity index (χ1v) is 6.84. The van der Waals surface area contributed by atoms with Crippen molar-refractivity contribution in [2.75, 3.05) is 11.9 Å². The van der Waals surface area contributed by atoms with Crippen molar-refractivity contribution in [1.82, 2.24) is 4.98 Å². The largest absolute Gasteiger partial charge is 0.409 e. The Morgan fingerprint density at radius 3 is 2.52 bits per heavy atom. The zero-order valence-electron chi connectivity index (χ0n) is 12.5. The van der Waals surface area contributed by atoms with Crippen molar-refractivity contribution in [1.29, 1.82) is 0 Å². The molecule has 2 aromatic rings. The highest BCUT2D eigenvalue weighted by Gasteiger charge is 2.16. The summed E-state index contributed by atoms with van der Waals surface area (Å²) in [4.78, 5) is 6.31. The maximum atomic E-state index is 8.97. The molecule has 5 nitrogen and oxygen atoms in total. The normalized spacial score (nSPS) is 11.5. The summed E-state index contributed by atoms with van der Waals surface area (Å²) in [5.41, 5.74) is 9.62. The van der Waals surface area contributed by atoms with E-state index in [9.17, 15) is 0 Å². The topological polar surface area (TPSA) is 74.7 Å². The molecule has 0 fully saturated rings. The summed E-state index contributed by atoms with van der Waals surface area (Å²) < 4.78 is 0. The fourth-order valence-corrected chi connectivity index (χ4v) is 2.24. The lowest BCUT2D eigenvalue weighted by Crippen LogP contribution is -2.22. The lowest BCUT2D eigenvalue weighted by atomic mass is 10.1. The SMILES string of the molecule is CCc1ccc(N(C)c2nccc(C)c2/C(N)=N/O)cc1. The van der Waals surface area contributed by atoms with Crippen molar-refractivity contribution in [3.63, 3.8) is 0 Å². The van der Waals surface area contributed by atoms with Crippen LogP contribution in [-0.4, -0.2) is 23.1 Å². The molecule has 21 heavy (non-hydrogen) atoms. The number of nitrogens with two attached hydrogens (primary N) is 1. The van der Waals surface area contributed by atoms with Crippen LogP contribution in [0.4, 0.5) is 11.5 Å². The van der Waals surface area contributed by atoms with Gasteiger partial charge < -0.3 is 15.8 Å². The number of benzene rings is 1. The molecule has 0 unspecified atom stereocenters. The van der Waals surface area contributed by atoms with E-state index in [2.05, 4.69) is 29.2 Å². The quantitative estimate of drug-likeness (QED) is 0.392. The van der Waals surface area contributed by atoms with E-state index in [1.807, 2.05) is 37.1 Å². The number of amidine groups is 1. The van der Waals surface area contributed by atoms with Crippen LogP contribution in [0.15, 0.2) is 41.7 Å². The van der Waals surface area contributed by atoms with Crippen LogP contribution in [0.3, 0.4) is 0 Å². The van der Waals surface area contributed by atoms with Gasteiger partial charge in [0.15, 0.2) is 5.84 Å². The van der Waals surface area contributed by atoms with E-state index >= 15 is 0 Å². The van der Waals surface area contributed by atoms with Gasteiger partial charge in [-0.25, -0.2) is 4.98 Å². The van der Waals surface area contributed by atoms with Crippen LogP contribution in [0.1, 0.15) is 23.6 Å². The molecule has 3 N–H and O–H groups in total. The van der Waals surface area contributed by atoms with E-state index in [1.54, 1.807) is 6.20 Å². The minimum absolute atomic E-state index is 0.0626. The fraction of sp³-hybridized carbons (Fsp3) is 0.250. The molecule has 0 spiro atoms. The van der Waals surface area contributed by atoms with E-state index in [0.717, 1.165) is 17.7 Å². The molecule has 2 rings (SSSR count). The Morgan fingerprint density at radius 2 is 1.95 bits per heavy atom. The molecule has 0 amide bonds. The standard InChI is InChI=1S/C16H20N4O/c1-4-12-5-7-13(8-6-12)20(3)16-14(15(17)19-21)11(2)9-10-18-16/h5-10,21H,4H2,1-3H3,(H2,17,19). The molecular formula is C16H20N4O. The van der Waals surface area contributed by atoms with Gasteiger partial charge in [-0.15, -0.1) is 0 Å². The smallest absolute Gasteiger partial charge is 0.174 e. The molecule has 110 valence electrons. The highest BCUT2D eigenvalue weighted by atomic mass is 16.4. The molecule has 0 bridgehead atoms. The van der Waals surface area contributed by atoms with Crippen LogP contribution < -0.4 is 10.6 Å². The van der Waals surface area contributed by atoms with Gasteiger partial charge >= 0.3 is 0 Å². The maximum absolute atomic E-state index is 8.97. The van der Waals surface area contributed by atoms with Crippen molar-refractivity contribution in [3.05, 3.63) is 53.2 Å². The van der Waals surface area contributed by atoms with Gasteiger partial charge in [-0.05, 0) is 42.7 Å². The summed E-state index contributed by atoms with van der Waals surface area (Å²) in [6.07, 6.45) is 2.72. The number of aromatic nitrogens is 1. The Morgan fingerprint density at radius 1 is 1.29 bits per heavy atom. The number of nitrogens with zero attached hydrogens (tertiary/aromatic N) is 3. The molecular weight excluding hydrogens is 264 g/mol. The zero-order valence-corrected chi connectivity index (χ0v) is 12.5. The molecule has 5 heteroatoms. The molecule has 0 atom stereocenters. The van der Waals surface area contributed by atoms with Crippen LogP contribution in [-0.2, 0) is 6.42 Å². The number of hydrogen-bond acceptors (Lipinski definition) is 4. The van der Waals surface area contributed by atoms with Crippen LogP contribution in [0.2, 0.25) is 0 Å². The minimum Gasteiger partial charge on any atom is -0.409 e. The second-order valence-corrected chi connectivity index (χ2v) is 4.89. The summed E-state index contributed by atoms with van der Waals surface area (Å²) in [5, 5.41) is 12.1. The van der Waals surface area contributed by atoms with Gasteiger partial charge in [0.25, 0.3) is 0 Å².